The first kappa shape index (κ1) is 18.8. The van der Waals surface area contributed by atoms with E-state index in [0.29, 0.717) is 28.0 Å². The van der Waals surface area contributed by atoms with Gasteiger partial charge in [-0.2, -0.15) is 0 Å². The van der Waals surface area contributed by atoms with E-state index in [1.54, 1.807) is 36.4 Å². The summed E-state index contributed by atoms with van der Waals surface area (Å²) in [6.07, 6.45) is 1.54. The largest absolute Gasteiger partial charge is 0.459 e. The Balaban J connectivity index is 1.45. The molecule has 0 N–H and O–H groups in total. The van der Waals surface area contributed by atoms with Gasteiger partial charge >= 0.3 is 5.76 Å². The Morgan fingerprint density at radius 2 is 1.74 bits per heavy atom. The van der Waals surface area contributed by atoms with Crippen molar-refractivity contribution in [3.63, 3.8) is 0 Å². The number of oxazole rings is 1. The monoisotopic (exact) mass is 415 g/mol. The molecule has 0 radical (unpaired) electrons. The third-order valence-corrected chi connectivity index (χ3v) is 5.06. The van der Waals surface area contributed by atoms with Crippen molar-refractivity contribution >= 4 is 16.9 Å². The fraction of sp³-hybridized carbons (Fsp3) is 0.130. The lowest BCUT2D eigenvalue weighted by Gasteiger charge is -2.03. The Kier molecular flexibility index (Phi) is 4.39. The predicted molar refractivity (Wildman–Crippen MR) is 111 cm³/mol. The van der Waals surface area contributed by atoms with E-state index in [2.05, 4.69) is 10.2 Å². The number of hydrogen-bond donors (Lipinski definition) is 0. The first-order valence-corrected chi connectivity index (χ1v) is 9.61. The number of fused-ring (bicyclic) bond motifs is 1. The minimum Gasteiger partial charge on any atom is -0.459 e. The van der Waals surface area contributed by atoms with E-state index in [1.807, 2.05) is 26.0 Å². The molecular weight excluding hydrogens is 398 g/mol. The van der Waals surface area contributed by atoms with Gasteiger partial charge in [0.1, 0.15) is 6.54 Å². The van der Waals surface area contributed by atoms with Gasteiger partial charge in [-0.1, -0.05) is 29.8 Å². The molecule has 5 rings (SSSR count). The minimum atomic E-state index is -0.580. The number of aromatic nitrogens is 3. The normalized spacial score (nSPS) is 11.3. The van der Waals surface area contributed by atoms with Crippen LogP contribution >= 0.6 is 0 Å². The third-order valence-electron chi connectivity index (χ3n) is 5.06. The van der Waals surface area contributed by atoms with Crippen molar-refractivity contribution in [3.05, 3.63) is 93.5 Å². The number of benzene rings is 2. The van der Waals surface area contributed by atoms with E-state index >= 15 is 0 Å². The number of furan rings is 1. The highest BCUT2D eigenvalue weighted by Gasteiger charge is 2.18. The molecule has 0 aliphatic rings. The summed E-state index contributed by atoms with van der Waals surface area (Å²) in [5.41, 5.74) is 3.78. The molecule has 5 aromatic rings. The molecule has 0 saturated heterocycles. The third kappa shape index (κ3) is 3.38. The van der Waals surface area contributed by atoms with Gasteiger partial charge in [-0.3, -0.25) is 9.36 Å². The molecule has 3 aromatic heterocycles. The van der Waals surface area contributed by atoms with Crippen molar-refractivity contribution in [1.82, 2.24) is 14.8 Å². The second-order valence-corrected chi connectivity index (χ2v) is 7.27. The molecule has 2 aromatic carbocycles. The standard InChI is InChI=1S/C23H17N3O5/c1-13-3-5-15(6-4-13)20(27)16-7-8-17-18(11-16)30-23(28)26(17)12-19-24-25-22(31-19)21-14(2)9-10-29-21/h3-11H,12H2,1-2H3. The lowest BCUT2D eigenvalue weighted by atomic mass is 10.0. The smallest absolute Gasteiger partial charge is 0.420 e. The van der Waals surface area contributed by atoms with Crippen molar-refractivity contribution in [3.8, 4) is 11.7 Å². The fourth-order valence-electron chi connectivity index (χ4n) is 3.37. The van der Waals surface area contributed by atoms with Crippen molar-refractivity contribution in [2.45, 2.75) is 20.4 Å². The second-order valence-electron chi connectivity index (χ2n) is 7.27. The van der Waals surface area contributed by atoms with Crippen LogP contribution in [0.5, 0.6) is 0 Å². The van der Waals surface area contributed by atoms with Crippen LogP contribution in [0.25, 0.3) is 22.8 Å². The zero-order valence-corrected chi connectivity index (χ0v) is 16.8. The second kappa shape index (κ2) is 7.24. The van der Waals surface area contributed by atoms with Crippen molar-refractivity contribution in [2.75, 3.05) is 0 Å². The van der Waals surface area contributed by atoms with Crippen molar-refractivity contribution < 1.29 is 18.0 Å². The Labute approximate surface area is 175 Å². The van der Waals surface area contributed by atoms with E-state index in [-0.39, 0.29) is 24.1 Å². The summed E-state index contributed by atoms with van der Waals surface area (Å²) in [6.45, 7) is 3.86. The minimum absolute atomic E-state index is 0.0316. The van der Waals surface area contributed by atoms with E-state index in [9.17, 15) is 9.59 Å². The summed E-state index contributed by atoms with van der Waals surface area (Å²) >= 11 is 0. The molecule has 0 amide bonds. The van der Waals surface area contributed by atoms with Gasteiger partial charge in [-0.05, 0) is 38.1 Å². The van der Waals surface area contributed by atoms with Crippen LogP contribution < -0.4 is 5.76 Å². The highest BCUT2D eigenvalue weighted by molar-refractivity contribution is 6.10. The van der Waals surface area contributed by atoms with Crippen molar-refractivity contribution in [2.24, 2.45) is 0 Å². The van der Waals surface area contributed by atoms with Crippen LogP contribution in [0.2, 0.25) is 0 Å². The van der Waals surface area contributed by atoms with Crippen molar-refractivity contribution in [1.29, 1.82) is 0 Å². The molecule has 31 heavy (non-hydrogen) atoms. The SMILES string of the molecule is Cc1ccc(C(=O)c2ccc3c(c2)oc(=O)n3Cc2nnc(-c3occc3C)o2)cc1. The van der Waals surface area contributed by atoms with Gasteiger partial charge in [0.25, 0.3) is 5.89 Å². The Morgan fingerprint density at radius 3 is 2.48 bits per heavy atom. The molecule has 0 aliphatic carbocycles. The van der Waals surface area contributed by atoms with Gasteiger partial charge in [0.2, 0.25) is 5.89 Å². The Morgan fingerprint density at radius 1 is 0.968 bits per heavy atom. The van der Waals surface area contributed by atoms with Crippen LogP contribution in [0.4, 0.5) is 0 Å². The molecule has 0 saturated carbocycles. The predicted octanol–water partition coefficient (Wildman–Crippen LogP) is 4.13. The lowest BCUT2D eigenvalue weighted by molar-refractivity contribution is 0.103. The fourth-order valence-corrected chi connectivity index (χ4v) is 3.37. The van der Waals surface area contributed by atoms with Gasteiger partial charge in [-0.25, -0.2) is 4.79 Å². The maximum absolute atomic E-state index is 12.8. The van der Waals surface area contributed by atoms with Crippen LogP contribution in [0.1, 0.15) is 32.9 Å². The summed E-state index contributed by atoms with van der Waals surface area (Å²) in [7, 11) is 0. The highest BCUT2D eigenvalue weighted by atomic mass is 16.4. The topological polar surface area (TPSA) is 104 Å². The summed E-state index contributed by atoms with van der Waals surface area (Å²) < 4.78 is 17.7. The molecule has 0 aliphatic heterocycles. The number of carbonyl (C=O) groups excluding carboxylic acids is 1. The van der Waals surface area contributed by atoms with Crippen LogP contribution in [0.3, 0.4) is 0 Å². The molecule has 154 valence electrons. The summed E-state index contributed by atoms with van der Waals surface area (Å²) in [4.78, 5) is 25.2. The number of aryl methyl sites for hydroxylation is 2. The summed E-state index contributed by atoms with van der Waals surface area (Å²) in [5.74, 6) is 0.235. The number of carbonyl (C=O) groups is 1. The van der Waals surface area contributed by atoms with Gasteiger partial charge < -0.3 is 13.3 Å². The first-order valence-electron chi connectivity index (χ1n) is 9.61. The number of nitrogens with zero attached hydrogens (tertiary/aromatic N) is 3. The van der Waals surface area contributed by atoms with Crippen LogP contribution in [-0.2, 0) is 6.54 Å². The molecule has 0 fully saturated rings. The zero-order chi connectivity index (χ0) is 21.5. The van der Waals surface area contributed by atoms with E-state index in [4.69, 9.17) is 13.3 Å². The zero-order valence-electron chi connectivity index (χ0n) is 16.8. The van der Waals surface area contributed by atoms with Gasteiger partial charge in [0, 0.05) is 16.7 Å². The van der Waals surface area contributed by atoms with Crippen LogP contribution in [0, 0.1) is 13.8 Å². The average molecular weight is 415 g/mol. The van der Waals surface area contributed by atoms with E-state index in [0.717, 1.165) is 11.1 Å². The molecule has 0 atom stereocenters. The number of hydrogen-bond acceptors (Lipinski definition) is 7. The summed E-state index contributed by atoms with van der Waals surface area (Å²) in [5, 5.41) is 7.98. The van der Waals surface area contributed by atoms with Gasteiger partial charge in [-0.15, -0.1) is 10.2 Å². The van der Waals surface area contributed by atoms with E-state index in [1.165, 1.54) is 10.8 Å². The molecule has 0 spiro atoms. The maximum Gasteiger partial charge on any atom is 0.420 e. The first-order chi connectivity index (χ1) is 15.0. The molecule has 3 heterocycles. The van der Waals surface area contributed by atoms with Crippen LogP contribution in [0.15, 0.2) is 72.8 Å². The average Bonchev–Trinajstić information content (AvgIpc) is 3.47. The van der Waals surface area contributed by atoms with Gasteiger partial charge in [0.05, 0.1) is 11.8 Å². The maximum atomic E-state index is 12.8. The molecule has 8 heteroatoms. The van der Waals surface area contributed by atoms with Crippen LogP contribution in [-0.4, -0.2) is 20.5 Å². The number of ketones is 1. The summed E-state index contributed by atoms with van der Waals surface area (Å²) in [6, 6.07) is 14.0. The molecule has 0 unspecified atom stereocenters. The Hall–Kier alpha value is -4.20. The Bertz CT molecular complexity index is 1470. The van der Waals surface area contributed by atoms with E-state index < -0.39 is 5.76 Å². The number of rotatable bonds is 5. The molecular formula is C23H17N3O5. The molecule has 8 nitrogen and oxygen atoms in total. The molecule has 0 bridgehead atoms. The van der Waals surface area contributed by atoms with Gasteiger partial charge in [0.15, 0.2) is 17.1 Å². The lowest BCUT2D eigenvalue weighted by Crippen LogP contribution is -2.15. The highest BCUT2D eigenvalue weighted by Crippen LogP contribution is 2.24. The quantitative estimate of drug-likeness (QED) is 0.397.